The second kappa shape index (κ2) is 7.06. The number of esters is 1. The van der Waals surface area contributed by atoms with Crippen LogP contribution in [0.1, 0.15) is 19.4 Å². The zero-order valence-electron chi connectivity index (χ0n) is 14.9. The Kier molecular flexibility index (Phi) is 5.74. The first-order valence-corrected chi connectivity index (χ1v) is 10.8. The van der Waals surface area contributed by atoms with E-state index in [0.717, 1.165) is 17.2 Å². The zero-order chi connectivity index (χ0) is 23.2. The van der Waals surface area contributed by atoms with E-state index in [1.807, 2.05) is 0 Å². The van der Waals surface area contributed by atoms with Gasteiger partial charge < -0.3 is 4.74 Å². The fourth-order valence-electron chi connectivity index (χ4n) is 2.02. The molecule has 0 aliphatic heterocycles. The largest absolute Gasteiger partial charge is 0.459 e. The van der Waals surface area contributed by atoms with E-state index >= 15 is 0 Å². The summed E-state index contributed by atoms with van der Waals surface area (Å²) in [5.74, 6) is -1.45. The molecule has 1 heterocycles. The fraction of sp³-hybridized carbons (Fsp3) is 0.267. The number of carbonyl (C=O) groups excluding carboxylic acids is 1. The van der Waals surface area contributed by atoms with Crippen LogP contribution < -0.4 is 0 Å². The lowest BCUT2D eigenvalue weighted by Gasteiger charge is -2.40. The summed E-state index contributed by atoms with van der Waals surface area (Å²) in [5.41, 5.74) is -2.87. The predicted molar refractivity (Wildman–Crippen MR) is 101 cm³/mol. The molecular formula is C15H12F8IN3O2S. The van der Waals surface area contributed by atoms with Gasteiger partial charge >= 0.3 is 22.4 Å². The van der Waals surface area contributed by atoms with Crippen molar-refractivity contribution in [2.24, 2.45) is 0 Å². The van der Waals surface area contributed by atoms with Gasteiger partial charge in [0.25, 0.3) is 0 Å². The molecule has 0 fully saturated rings. The van der Waals surface area contributed by atoms with E-state index < -0.39 is 56.4 Å². The standard InChI is InChI=1S/C15H12F8IN3O2S/c1-8(2)29-14(28)12(24)6-27-7-25-13(26-27)9-3-10(15(16,17)18)5-11(4-9)30(19,20,21,22)23/h3-8H,1-2H3/b12-6+. The van der Waals surface area contributed by atoms with Gasteiger partial charge in [0.1, 0.15) is 14.8 Å². The first-order valence-electron chi connectivity index (χ1n) is 7.72. The molecular weight excluding hydrogens is 565 g/mol. The van der Waals surface area contributed by atoms with Crippen molar-refractivity contribution >= 4 is 45.0 Å². The van der Waals surface area contributed by atoms with Crippen LogP contribution >= 0.6 is 32.8 Å². The van der Waals surface area contributed by atoms with Crippen molar-refractivity contribution in [1.82, 2.24) is 14.8 Å². The third-order valence-electron chi connectivity index (χ3n) is 3.23. The number of benzene rings is 1. The third-order valence-corrected chi connectivity index (χ3v) is 5.07. The van der Waals surface area contributed by atoms with Gasteiger partial charge in [0, 0.05) is 5.56 Å². The Morgan fingerprint density at radius 1 is 1.17 bits per heavy atom. The van der Waals surface area contributed by atoms with Crippen LogP contribution in [0.3, 0.4) is 0 Å². The third kappa shape index (κ3) is 6.29. The van der Waals surface area contributed by atoms with Gasteiger partial charge in [-0.25, -0.2) is 14.5 Å². The average Bonchev–Trinajstić information content (AvgIpc) is 2.99. The fourth-order valence-corrected chi connectivity index (χ4v) is 3.13. The van der Waals surface area contributed by atoms with Crippen LogP contribution in [0.25, 0.3) is 17.6 Å². The minimum atomic E-state index is -10.4. The highest BCUT2D eigenvalue weighted by Gasteiger charge is 2.66. The van der Waals surface area contributed by atoms with Gasteiger partial charge in [0.05, 0.1) is 17.9 Å². The van der Waals surface area contributed by atoms with Crippen LogP contribution in [-0.4, -0.2) is 26.8 Å². The Labute approximate surface area is 178 Å². The SMILES string of the molecule is CC(C)OC(=O)/C(I)=C\n1cnc(-c2cc(C(F)(F)F)cc(S(F)(F)(F)(F)F)c2)n1. The van der Waals surface area contributed by atoms with Crippen molar-refractivity contribution in [3.8, 4) is 11.4 Å². The van der Waals surface area contributed by atoms with E-state index in [1.54, 1.807) is 36.4 Å². The molecule has 15 heteroatoms. The second-order valence-electron chi connectivity index (χ2n) is 6.19. The predicted octanol–water partition coefficient (Wildman–Crippen LogP) is 6.81. The highest BCUT2D eigenvalue weighted by Crippen LogP contribution is 3.02. The van der Waals surface area contributed by atoms with E-state index in [0.29, 0.717) is 0 Å². The molecule has 0 amide bonds. The number of aromatic nitrogens is 3. The Morgan fingerprint density at radius 2 is 1.77 bits per heavy atom. The monoisotopic (exact) mass is 577 g/mol. The van der Waals surface area contributed by atoms with Gasteiger partial charge in [0.2, 0.25) is 0 Å². The molecule has 0 aliphatic rings. The van der Waals surface area contributed by atoms with Crippen LogP contribution in [0.4, 0.5) is 32.6 Å². The Balaban J connectivity index is 2.55. The minimum absolute atomic E-state index is 0.0329. The van der Waals surface area contributed by atoms with E-state index in [1.165, 1.54) is 0 Å². The smallest absolute Gasteiger partial charge is 0.416 e. The van der Waals surface area contributed by atoms with Crippen LogP contribution in [0.5, 0.6) is 0 Å². The maximum absolute atomic E-state index is 13.1. The number of alkyl halides is 3. The molecule has 0 unspecified atom stereocenters. The first-order chi connectivity index (χ1) is 13.3. The summed E-state index contributed by atoms with van der Waals surface area (Å²) >= 11 is 1.57. The number of halogens is 9. The van der Waals surface area contributed by atoms with E-state index in [2.05, 4.69) is 10.1 Å². The molecule has 0 radical (unpaired) electrons. The van der Waals surface area contributed by atoms with Crippen LogP contribution in [0.15, 0.2) is 33.0 Å². The van der Waals surface area contributed by atoms with Gasteiger partial charge in [-0.15, -0.1) is 5.10 Å². The van der Waals surface area contributed by atoms with Crippen molar-refractivity contribution in [2.45, 2.75) is 31.0 Å². The summed E-state index contributed by atoms with van der Waals surface area (Å²) in [7, 11) is -10.4. The molecule has 0 N–H and O–H groups in total. The number of hydrogen-bond donors (Lipinski definition) is 0. The van der Waals surface area contributed by atoms with E-state index in [4.69, 9.17) is 4.74 Å². The lowest BCUT2D eigenvalue weighted by Crippen LogP contribution is -2.11. The topological polar surface area (TPSA) is 57.0 Å². The summed E-state index contributed by atoms with van der Waals surface area (Å²) in [6, 6.07) is -0.598. The maximum atomic E-state index is 13.1. The van der Waals surface area contributed by atoms with E-state index in [9.17, 15) is 37.4 Å². The molecule has 5 nitrogen and oxygen atoms in total. The maximum Gasteiger partial charge on any atom is 0.416 e. The molecule has 30 heavy (non-hydrogen) atoms. The lowest BCUT2D eigenvalue weighted by atomic mass is 10.1. The van der Waals surface area contributed by atoms with Crippen LogP contribution in [0.2, 0.25) is 0 Å². The highest BCUT2D eigenvalue weighted by molar-refractivity contribution is 14.1. The molecule has 1 aromatic carbocycles. The second-order valence-corrected chi connectivity index (χ2v) is 9.76. The summed E-state index contributed by atoms with van der Waals surface area (Å²) in [6.45, 7) is 3.17. The van der Waals surface area contributed by atoms with Gasteiger partial charge in [-0.1, -0.05) is 19.4 Å². The first kappa shape index (κ1) is 24.4. The molecule has 0 bridgehead atoms. The zero-order valence-corrected chi connectivity index (χ0v) is 17.9. The molecule has 0 saturated carbocycles. The minimum Gasteiger partial charge on any atom is -0.459 e. The van der Waals surface area contributed by atoms with Gasteiger partial charge in [-0.05, 0) is 54.6 Å². The Bertz CT molecular complexity index is 1020. The van der Waals surface area contributed by atoms with Gasteiger partial charge in [-0.2, -0.15) is 13.2 Å². The lowest BCUT2D eigenvalue weighted by molar-refractivity contribution is -0.141. The van der Waals surface area contributed by atoms with Gasteiger partial charge in [-0.3, -0.25) is 0 Å². The van der Waals surface area contributed by atoms with Gasteiger partial charge in [0.15, 0.2) is 5.82 Å². The normalized spacial score (nSPS) is 15.7. The number of rotatable bonds is 5. The molecule has 0 atom stereocenters. The van der Waals surface area contributed by atoms with Crippen molar-refractivity contribution in [3.05, 3.63) is 33.7 Å². The number of nitrogens with zero attached hydrogens (tertiary/aromatic N) is 3. The number of ether oxygens (including phenoxy) is 1. The summed E-state index contributed by atoms with van der Waals surface area (Å²) < 4.78 is 110. The Morgan fingerprint density at radius 3 is 2.27 bits per heavy atom. The van der Waals surface area contributed by atoms with Crippen LogP contribution in [-0.2, 0) is 15.7 Å². The summed E-state index contributed by atoms with van der Waals surface area (Å²) in [6.07, 6.45) is -3.86. The van der Waals surface area contributed by atoms with Crippen molar-refractivity contribution in [1.29, 1.82) is 0 Å². The number of hydrogen-bond acceptors (Lipinski definition) is 4. The van der Waals surface area contributed by atoms with E-state index in [-0.39, 0.29) is 15.7 Å². The molecule has 0 saturated heterocycles. The average molecular weight is 577 g/mol. The summed E-state index contributed by atoms with van der Waals surface area (Å²) in [5, 5.41) is 3.62. The molecule has 168 valence electrons. The quantitative estimate of drug-likeness (QED) is 0.170. The summed E-state index contributed by atoms with van der Waals surface area (Å²) in [4.78, 5) is 12.5. The molecule has 1 aromatic heterocycles. The number of carbonyl (C=O) groups is 1. The van der Waals surface area contributed by atoms with Crippen molar-refractivity contribution < 1.29 is 42.1 Å². The van der Waals surface area contributed by atoms with Crippen molar-refractivity contribution in [2.75, 3.05) is 0 Å². The highest BCUT2D eigenvalue weighted by atomic mass is 127. The van der Waals surface area contributed by atoms with Crippen LogP contribution in [0, 0.1) is 0 Å². The Hall–Kier alpha value is -1.91. The molecule has 2 aromatic rings. The molecule has 0 aliphatic carbocycles. The van der Waals surface area contributed by atoms with Crippen molar-refractivity contribution in [3.63, 3.8) is 0 Å². The molecule has 0 spiro atoms. The molecule has 2 rings (SSSR count).